The maximum absolute atomic E-state index is 12.6. The van der Waals surface area contributed by atoms with Crippen LogP contribution in [0.4, 0.5) is 5.13 Å². The summed E-state index contributed by atoms with van der Waals surface area (Å²) in [5.41, 5.74) is 0.574. The molecule has 0 unspecified atom stereocenters. The van der Waals surface area contributed by atoms with Gasteiger partial charge in [-0.3, -0.25) is 14.5 Å². The minimum atomic E-state index is -0.822. The Balaban J connectivity index is 2.21. The van der Waals surface area contributed by atoms with Crippen LogP contribution in [0.15, 0.2) is 41.1 Å². The number of benzene rings is 1. The van der Waals surface area contributed by atoms with E-state index in [1.54, 1.807) is 29.8 Å². The number of carbonyl (C=O) groups excluding carboxylic acids is 2. The minimum absolute atomic E-state index is 0.0173. The van der Waals surface area contributed by atoms with Gasteiger partial charge in [-0.25, -0.2) is 4.98 Å². The summed E-state index contributed by atoms with van der Waals surface area (Å²) in [5.74, 6) is -0.614. The smallest absolute Gasteiger partial charge is 0.296 e. The van der Waals surface area contributed by atoms with Crippen molar-refractivity contribution in [3.63, 3.8) is 0 Å². The van der Waals surface area contributed by atoms with Crippen LogP contribution >= 0.6 is 11.3 Å². The van der Waals surface area contributed by atoms with Crippen LogP contribution in [0.3, 0.4) is 0 Å². The Morgan fingerprint density at radius 3 is 2.64 bits per heavy atom. The largest absolute Gasteiger partial charge is 0.503 e. The first-order valence-electron chi connectivity index (χ1n) is 7.38. The van der Waals surface area contributed by atoms with Gasteiger partial charge in [-0.15, -0.1) is 11.3 Å². The zero-order chi connectivity index (χ0) is 18.1. The van der Waals surface area contributed by atoms with E-state index in [-0.39, 0.29) is 5.57 Å². The highest BCUT2D eigenvalue weighted by Crippen LogP contribution is 2.45. The first kappa shape index (κ1) is 17.0. The Bertz CT molecular complexity index is 860. The Morgan fingerprint density at radius 2 is 2.08 bits per heavy atom. The number of aliphatic hydroxyl groups is 1. The summed E-state index contributed by atoms with van der Waals surface area (Å²) < 4.78 is 10.6. The quantitative estimate of drug-likeness (QED) is 0.882. The number of methoxy groups -OCH3 is 2. The molecule has 3 rings (SSSR count). The number of Topliss-reactive ketones (excluding diaryl/α,β-unsaturated/α-hetero) is 1. The Labute approximate surface area is 148 Å². The van der Waals surface area contributed by atoms with Crippen molar-refractivity contribution in [3.8, 4) is 11.5 Å². The third-order valence-electron chi connectivity index (χ3n) is 3.95. The highest BCUT2D eigenvalue weighted by atomic mass is 32.1. The molecule has 25 heavy (non-hydrogen) atoms. The monoisotopic (exact) mass is 360 g/mol. The van der Waals surface area contributed by atoms with Crippen LogP contribution in [-0.2, 0) is 9.59 Å². The van der Waals surface area contributed by atoms with Crippen molar-refractivity contribution < 1.29 is 24.2 Å². The molecule has 8 heteroatoms. The van der Waals surface area contributed by atoms with E-state index in [9.17, 15) is 14.7 Å². The molecule has 0 spiro atoms. The van der Waals surface area contributed by atoms with Crippen molar-refractivity contribution in [2.24, 2.45) is 0 Å². The first-order chi connectivity index (χ1) is 12.0. The molecule has 7 nitrogen and oxygen atoms in total. The van der Waals surface area contributed by atoms with Crippen molar-refractivity contribution in [3.05, 3.63) is 46.7 Å². The molecule has 0 aliphatic carbocycles. The van der Waals surface area contributed by atoms with Crippen LogP contribution in [0.2, 0.25) is 0 Å². The number of anilines is 1. The lowest BCUT2D eigenvalue weighted by Crippen LogP contribution is -2.31. The highest BCUT2D eigenvalue weighted by Gasteiger charge is 2.45. The Morgan fingerprint density at radius 1 is 1.32 bits per heavy atom. The number of ether oxygens (including phenoxy) is 2. The van der Waals surface area contributed by atoms with E-state index in [2.05, 4.69) is 4.98 Å². The van der Waals surface area contributed by atoms with Gasteiger partial charge in [0.1, 0.15) is 17.5 Å². The van der Waals surface area contributed by atoms with Crippen LogP contribution < -0.4 is 14.4 Å². The van der Waals surface area contributed by atoms with Gasteiger partial charge in [-0.2, -0.15) is 0 Å². The van der Waals surface area contributed by atoms with Gasteiger partial charge >= 0.3 is 0 Å². The molecule has 0 fully saturated rings. The van der Waals surface area contributed by atoms with Crippen LogP contribution in [0.5, 0.6) is 11.5 Å². The molecule has 1 aliphatic rings. The predicted octanol–water partition coefficient (Wildman–Crippen LogP) is 2.65. The molecule has 0 radical (unpaired) electrons. The van der Waals surface area contributed by atoms with Crippen molar-refractivity contribution in [1.29, 1.82) is 0 Å². The second-order valence-corrected chi connectivity index (χ2v) is 6.19. The van der Waals surface area contributed by atoms with Gasteiger partial charge < -0.3 is 14.6 Å². The Kier molecular flexibility index (Phi) is 4.45. The molecular weight excluding hydrogens is 344 g/mol. The third kappa shape index (κ3) is 2.74. The molecular formula is C17H16N2O5S. The summed E-state index contributed by atoms with van der Waals surface area (Å²) in [6, 6.07) is 4.25. The standard InChI is InChI=1S/C17H16N2O5S/c1-9(20)13-14(11-5-4-10(23-2)8-12(11)24-3)19(16(22)15(13)21)17-18-6-7-25-17/h4-8,14,21H,1-3H3/t14-/m0/s1. The van der Waals surface area contributed by atoms with Crippen molar-refractivity contribution in [2.45, 2.75) is 13.0 Å². The number of thiazole rings is 1. The summed E-state index contributed by atoms with van der Waals surface area (Å²) in [6.45, 7) is 1.31. The van der Waals surface area contributed by atoms with Crippen molar-refractivity contribution >= 4 is 28.2 Å². The summed E-state index contributed by atoms with van der Waals surface area (Å²) in [4.78, 5) is 30.2. The van der Waals surface area contributed by atoms with E-state index in [1.165, 1.54) is 37.4 Å². The van der Waals surface area contributed by atoms with Crippen molar-refractivity contribution in [2.75, 3.05) is 19.1 Å². The molecule has 1 amide bonds. The minimum Gasteiger partial charge on any atom is -0.503 e. The number of carbonyl (C=O) groups is 2. The highest BCUT2D eigenvalue weighted by molar-refractivity contribution is 7.13. The van der Waals surface area contributed by atoms with E-state index in [1.807, 2.05) is 0 Å². The number of amides is 1. The van der Waals surface area contributed by atoms with Gasteiger partial charge in [-0.05, 0) is 19.1 Å². The fourth-order valence-electron chi connectivity index (χ4n) is 2.84. The van der Waals surface area contributed by atoms with E-state index in [0.29, 0.717) is 22.2 Å². The zero-order valence-corrected chi connectivity index (χ0v) is 14.7. The summed E-state index contributed by atoms with van der Waals surface area (Å²) in [6.07, 6.45) is 1.55. The first-order valence-corrected chi connectivity index (χ1v) is 8.26. The molecule has 0 saturated heterocycles. The van der Waals surface area contributed by atoms with E-state index in [0.717, 1.165) is 0 Å². The summed E-state index contributed by atoms with van der Waals surface area (Å²) >= 11 is 1.24. The normalized spacial score (nSPS) is 17.2. The van der Waals surface area contributed by atoms with Crippen molar-refractivity contribution in [1.82, 2.24) is 4.98 Å². The molecule has 0 saturated carbocycles. The Hall–Kier alpha value is -2.87. The molecule has 130 valence electrons. The van der Waals surface area contributed by atoms with E-state index in [4.69, 9.17) is 9.47 Å². The maximum atomic E-state index is 12.6. The van der Waals surface area contributed by atoms with E-state index >= 15 is 0 Å². The number of rotatable bonds is 5. The second-order valence-electron chi connectivity index (χ2n) is 5.32. The fourth-order valence-corrected chi connectivity index (χ4v) is 3.50. The third-order valence-corrected chi connectivity index (χ3v) is 4.72. The lowest BCUT2D eigenvalue weighted by molar-refractivity contribution is -0.117. The van der Waals surface area contributed by atoms with Crippen LogP contribution in [0.1, 0.15) is 18.5 Å². The SMILES string of the molecule is COc1ccc([C@H]2C(C(C)=O)=C(O)C(=O)N2c2nccs2)c(OC)c1. The number of hydrogen-bond donors (Lipinski definition) is 1. The van der Waals surface area contributed by atoms with Gasteiger partial charge in [0.05, 0.1) is 19.8 Å². The van der Waals surface area contributed by atoms with Gasteiger partial charge in [-0.1, -0.05) is 0 Å². The molecule has 2 aromatic rings. The van der Waals surface area contributed by atoms with Gasteiger partial charge in [0.15, 0.2) is 16.7 Å². The molecule has 1 N–H and O–H groups in total. The van der Waals surface area contributed by atoms with E-state index < -0.39 is 23.5 Å². The number of aliphatic hydroxyl groups excluding tert-OH is 1. The second kappa shape index (κ2) is 6.56. The average Bonchev–Trinajstić information content (AvgIpc) is 3.21. The topological polar surface area (TPSA) is 89.0 Å². The predicted molar refractivity (Wildman–Crippen MR) is 92.2 cm³/mol. The lowest BCUT2D eigenvalue weighted by atomic mass is 9.96. The zero-order valence-electron chi connectivity index (χ0n) is 13.8. The number of hydrogen-bond acceptors (Lipinski definition) is 7. The van der Waals surface area contributed by atoms with Crippen LogP contribution in [0.25, 0.3) is 0 Å². The maximum Gasteiger partial charge on any atom is 0.296 e. The molecule has 1 aliphatic heterocycles. The molecule has 1 atom stereocenters. The lowest BCUT2D eigenvalue weighted by Gasteiger charge is -2.25. The number of aromatic nitrogens is 1. The number of ketones is 1. The number of nitrogens with zero attached hydrogens (tertiary/aromatic N) is 2. The molecule has 1 aromatic carbocycles. The average molecular weight is 360 g/mol. The molecule has 2 heterocycles. The summed E-state index contributed by atoms with van der Waals surface area (Å²) in [5, 5.41) is 12.4. The summed E-state index contributed by atoms with van der Waals surface area (Å²) in [7, 11) is 3.02. The van der Waals surface area contributed by atoms with Gasteiger partial charge in [0, 0.05) is 23.2 Å². The van der Waals surface area contributed by atoms with Crippen LogP contribution in [-0.4, -0.2) is 36.0 Å². The fraction of sp³-hybridized carbons (Fsp3) is 0.235. The van der Waals surface area contributed by atoms with Gasteiger partial charge in [0.2, 0.25) is 0 Å². The molecule has 0 bridgehead atoms. The molecule has 1 aromatic heterocycles. The van der Waals surface area contributed by atoms with Gasteiger partial charge in [0.25, 0.3) is 5.91 Å². The van der Waals surface area contributed by atoms with Crippen LogP contribution in [0, 0.1) is 0 Å².